The molecular formula is C24H31N3O3. The molecule has 1 amide bonds. The molecule has 1 fully saturated rings. The summed E-state index contributed by atoms with van der Waals surface area (Å²) in [4.78, 5) is 29.2. The van der Waals surface area contributed by atoms with Gasteiger partial charge in [0.15, 0.2) is 11.9 Å². The lowest BCUT2D eigenvalue weighted by atomic mass is 10.1. The third-order valence-electron chi connectivity index (χ3n) is 5.48. The second-order valence-corrected chi connectivity index (χ2v) is 7.92. The van der Waals surface area contributed by atoms with E-state index in [0.29, 0.717) is 11.3 Å². The van der Waals surface area contributed by atoms with Crippen LogP contribution in [-0.4, -0.2) is 67.4 Å². The van der Waals surface area contributed by atoms with Crippen LogP contribution in [0.5, 0.6) is 5.75 Å². The molecule has 2 aromatic rings. The van der Waals surface area contributed by atoms with Crippen LogP contribution < -0.4 is 10.1 Å². The third kappa shape index (κ3) is 6.15. The zero-order valence-corrected chi connectivity index (χ0v) is 18.0. The van der Waals surface area contributed by atoms with Crippen LogP contribution >= 0.6 is 0 Å². The topological polar surface area (TPSA) is 61.9 Å². The van der Waals surface area contributed by atoms with Gasteiger partial charge in [0.2, 0.25) is 0 Å². The number of carbonyl (C=O) groups excluding carboxylic acids is 2. The van der Waals surface area contributed by atoms with Crippen LogP contribution in [0.2, 0.25) is 0 Å². The van der Waals surface area contributed by atoms with Gasteiger partial charge >= 0.3 is 0 Å². The molecule has 0 radical (unpaired) electrons. The molecule has 2 unspecified atom stereocenters. The molecule has 0 bridgehead atoms. The molecule has 0 aliphatic carbocycles. The monoisotopic (exact) mass is 409 g/mol. The summed E-state index contributed by atoms with van der Waals surface area (Å²) in [5, 5.41) is 3.16. The molecule has 1 N–H and O–H groups in total. The van der Waals surface area contributed by atoms with Gasteiger partial charge in [-0.1, -0.05) is 42.5 Å². The predicted octanol–water partition coefficient (Wildman–Crippen LogP) is 2.76. The van der Waals surface area contributed by atoms with Crippen LogP contribution in [0.15, 0.2) is 54.6 Å². The van der Waals surface area contributed by atoms with Crippen LogP contribution in [0.25, 0.3) is 0 Å². The van der Waals surface area contributed by atoms with E-state index in [-0.39, 0.29) is 17.7 Å². The van der Waals surface area contributed by atoms with E-state index in [0.717, 1.165) is 38.3 Å². The van der Waals surface area contributed by atoms with Gasteiger partial charge in [-0.2, -0.15) is 0 Å². The van der Waals surface area contributed by atoms with E-state index in [1.165, 1.54) is 6.92 Å². The Labute approximate surface area is 178 Å². The fourth-order valence-electron chi connectivity index (χ4n) is 3.54. The van der Waals surface area contributed by atoms with Crippen LogP contribution in [0.3, 0.4) is 0 Å². The lowest BCUT2D eigenvalue weighted by molar-refractivity contribution is -0.128. The molecule has 1 heterocycles. The first-order valence-corrected chi connectivity index (χ1v) is 10.5. The van der Waals surface area contributed by atoms with Crippen LogP contribution in [0, 0.1) is 0 Å². The summed E-state index contributed by atoms with van der Waals surface area (Å²) in [5.74, 6) is 0.306. The normalized spacial score (nSPS) is 17.2. The van der Waals surface area contributed by atoms with Gasteiger partial charge in [0.05, 0.1) is 6.04 Å². The Morgan fingerprint density at radius 2 is 1.73 bits per heavy atom. The number of ketones is 1. The second kappa shape index (κ2) is 10.4. The first kappa shape index (κ1) is 22.0. The van der Waals surface area contributed by atoms with E-state index in [9.17, 15) is 9.59 Å². The zero-order chi connectivity index (χ0) is 21.5. The predicted molar refractivity (Wildman–Crippen MR) is 118 cm³/mol. The van der Waals surface area contributed by atoms with E-state index >= 15 is 0 Å². The number of amides is 1. The molecule has 3 rings (SSSR count). The molecule has 160 valence electrons. The average molecular weight is 410 g/mol. The van der Waals surface area contributed by atoms with E-state index in [1.807, 2.05) is 30.3 Å². The maximum Gasteiger partial charge on any atom is 0.261 e. The van der Waals surface area contributed by atoms with Crippen LogP contribution in [0.4, 0.5) is 0 Å². The lowest BCUT2D eigenvalue weighted by Gasteiger charge is -2.35. The maximum absolute atomic E-state index is 12.9. The highest BCUT2D eigenvalue weighted by Crippen LogP contribution is 2.18. The minimum absolute atomic E-state index is 0.0335. The highest BCUT2D eigenvalue weighted by Gasteiger charge is 2.24. The van der Waals surface area contributed by atoms with Crippen molar-refractivity contribution in [1.82, 2.24) is 15.1 Å². The molecule has 0 aromatic heterocycles. The average Bonchev–Trinajstić information content (AvgIpc) is 2.75. The summed E-state index contributed by atoms with van der Waals surface area (Å²) in [6, 6.07) is 16.9. The second-order valence-electron chi connectivity index (χ2n) is 7.92. The van der Waals surface area contributed by atoms with Gasteiger partial charge in [-0.15, -0.1) is 0 Å². The molecule has 1 aliphatic heterocycles. The zero-order valence-electron chi connectivity index (χ0n) is 18.0. The fraction of sp³-hybridized carbons (Fsp3) is 0.417. The van der Waals surface area contributed by atoms with Gasteiger partial charge in [0.1, 0.15) is 5.75 Å². The molecule has 6 nitrogen and oxygen atoms in total. The van der Waals surface area contributed by atoms with Crippen molar-refractivity contribution >= 4 is 11.7 Å². The Morgan fingerprint density at radius 3 is 2.40 bits per heavy atom. The number of hydrogen-bond acceptors (Lipinski definition) is 5. The minimum atomic E-state index is -0.675. The summed E-state index contributed by atoms with van der Waals surface area (Å²) in [5.41, 5.74) is 1.65. The Bertz CT molecular complexity index is 848. The highest BCUT2D eigenvalue weighted by atomic mass is 16.5. The summed E-state index contributed by atoms with van der Waals surface area (Å²) < 4.78 is 5.82. The number of ether oxygens (including phenoxy) is 1. The van der Waals surface area contributed by atoms with Crippen molar-refractivity contribution in [2.24, 2.45) is 0 Å². The van der Waals surface area contributed by atoms with Crippen LogP contribution in [-0.2, 0) is 4.79 Å². The van der Waals surface area contributed by atoms with E-state index in [1.54, 1.807) is 31.2 Å². The Morgan fingerprint density at radius 1 is 1.03 bits per heavy atom. The quantitative estimate of drug-likeness (QED) is 0.680. The molecule has 2 atom stereocenters. The Kier molecular flexibility index (Phi) is 7.60. The molecular weight excluding hydrogens is 378 g/mol. The van der Waals surface area contributed by atoms with Crippen molar-refractivity contribution in [3.8, 4) is 5.75 Å². The van der Waals surface area contributed by atoms with E-state index in [4.69, 9.17) is 4.74 Å². The summed E-state index contributed by atoms with van der Waals surface area (Å²) in [7, 11) is 2.13. The molecule has 0 spiro atoms. The number of hydrogen-bond donors (Lipinski definition) is 1. The lowest BCUT2D eigenvalue weighted by Crippen LogP contribution is -2.49. The number of carbonyl (C=O) groups is 2. The van der Waals surface area contributed by atoms with E-state index in [2.05, 4.69) is 22.2 Å². The van der Waals surface area contributed by atoms with Crippen molar-refractivity contribution in [3.63, 3.8) is 0 Å². The Hall–Kier alpha value is -2.70. The minimum Gasteiger partial charge on any atom is -0.481 e. The van der Waals surface area contributed by atoms with Crippen molar-refractivity contribution < 1.29 is 14.3 Å². The first-order chi connectivity index (χ1) is 14.4. The van der Waals surface area contributed by atoms with E-state index < -0.39 is 6.10 Å². The number of nitrogens with one attached hydrogen (secondary N) is 1. The van der Waals surface area contributed by atoms with Crippen molar-refractivity contribution in [3.05, 3.63) is 65.7 Å². The van der Waals surface area contributed by atoms with Crippen molar-refractivity contribution in [2.75, 3.05) is 39.8 Å². The van der Waals surface area contributed by atoms with Gasteiger partial charge in [0.25, 0.3) is 5.91 Å². The van der Waals surface area contributed by atoms with Crippen molar-refractivity contribution in [1.29, 1.82) is 0 Å². The standard InChI is InChI=1S/C24H31N3O3/c1-18(28)21-10-7-11-22(16-21)30-19(2)24(29)25-23(20-8-5-4-6-9-20)17-27-14-12-26(3)13-15-27/h4-11,16,19,23H,12-15,17H2,1-3H3,(H,25,29). The number of Topliss-reactive ketones (excluding diaryl/α,β-unsaturated/α-hetero) is 1. The highest BCUT2D eigenvalue weighted by molar-refractivity contribution is 5.94. The largest absolute Gasteiger partial charge is 0.481 e. The number of benzene rings is 2. The molecule has 0 saturated carbocycles. The van der Waals surface area contributed by atoms with Gasteiger partial charge < -0.3 is 15.0 Å². The number of piperazine rings is 1. The smallest absolute Gasteiger partial charge is 0.261 e. The Balaban J connectivity index is 1.66. The maximum atomic E-state index is 12.9. The molecule has 1 saturated heterocycles. The molecule has 6 heteroatoms. The summed E-state index contributed by atoms with van der Waals surface area (Å²) >= 11 is 0. The van der Waals surface area contributed by atoms with Gasteiger partial charge in [-0.05, 0) is 38.6 Å². The third-order valence-corrected chi connectivity index (χ3v) is 5.48. The fourth-order valence-corrected chi connectivity index (χ4v) is 3.54. The van der Waals surface area contributed by atoms with Gasteiger partial charge in [-0.3, -0.25) is 14.5 Å². The number of rotatable bonds is 8. The number of nitrogens with zero attached hydrogens (tertiary/aromatic N) is 2. The molecule has 30 heavy (non-hydrogen) atoms. The first-order valence-electron chi connectivity index (χ1n) is 10.5. The molecule has 1 aliphatic rings. The number of likely N-dealkylation sites (N-methyl/N-ethyl adjacent to an activating group) is 1. The van der Waals surface area contributed by atoms with Gasteiger partial charge in [-0.25, -0.2) is 0 Å². The van der Waals surface area contributed by atoms with Gasteiger partial charge in [0, 0.05) is 38.3 Å². The molecule has 2 aromatic carbocycles. The summed E-state index contributed by atoms with van der Waals surface area (Å²) in [6.45, 7) is 8.03. The van der Waals surface area contributed by atoms with Crippen LogP contribution in [0.1, 0.15) is 35.8 Å². The SMILES string of the molecule is CC(=O)c1cccc(OC(C)C(=O)NC(CN2CCN(C)CC2)c2ccccc2)c1. The van der Waals surface area contributed by atoms with Crippen molar-refractivity contribution in [2.45, 2.75) is 26.0 Å². The summed E-state index contributed by atoms with van der Waals surface area (Å²) in [6.07, 6.45) is -0.675.